The molecule has 0 radical (unpaired) electrons. The third-order valence-corrected chi connectivity index (χ3v) is 3.97. The van der Waals surface area contributed by atoms with Crippen LogP contribution in [0.3, 0.4) is 0 Å². The Hall–Kier alpha value is -3.15. The lowest BCUT2D eigenvalue weighted by atomic mass is 10.2. The SMILES string of the molecule is Cc1cccc(NC(=O)C(=O)Nc2cccc(N3CCCC3=O)c2)c1. The molecule has 0 spiro atoms. The van der Waals surface area contributed by atoms with Crippen molar-refractivity contribution in [2.24, 2.45) is 0 Å². The summed E-state index contributed by atoms with van der Waals surface area (Å²) in [4.78, 5) is 37.6. The number of carbonyl (C=O) groups excluding carboxylic acids is 3. The normalized spacial score (nSPS) is 13.6. The Bertz CT molecular complexity index is 832. The van der Waals surface area contributed by atoms with E-state index in [0.717, 1.165) is 17.7 Å². The molecule has 1 saturated heterocycles. The summed E-state index contributed by atoms with van der Waals surface area (Å²) >= 11 is 0. The van der Waals surface area contributed by atoms with E-state index in [4.69, 9.17) is 0 Å². The number of aryl methyl sites for hydroxylation is 1. The molecular formula is C19H19N3O3. The highest BCUT2D eigenvalue weighted by Gasteiger charge is 2.22. The Morgan fingerprint density at radius 3 is 2.20 bits per heavy atom. The van der Waals surface area contributed by atoms with Gasteiger partial charge in [0.15, 0.2) is 0 Å². The second kappa shape index (κ2) is 7.17. The molecular weight excluding hydrogens is 318 g/mol. The number of carbonyl (C=O) groups is 3. The monoisotopic (exact) mass is 337 g/mol. The fraction of sp³-hybridized carbons (Fsp3) is 0.211. The Kier molecular flexibility index (Phi) is 4.79. The van der Waals surface area contributed by atoms with Gasteiger partial charge in [0.25, 0.3) is 0 Å². The molecule has 3 amide bonds. The lowest BCUT2D eigenvalue weighted by Crippen LogP contribution is -2.29. The van der Waals surface area contributed by atoms with Gasteiger partial charge in [-0.25, -0.2) is 0 Å². The molecule has 1 aliphatic rings. The van der Waals surface area contributed by atoms with Gasteiger partial charge in [-0.1, -0.05) is 18.2 Å². The highest BCUT2D eigenvalue weighted by atomic mass is 16.2. The number of hydrogen-bond acceptors (Lipinski definition) is 3. The van der Waals surface area contributed by atoms with Crippen LogP contribution in [0, 0.1) is 6.92 Å². The zero-order valence-electron chi connectivity index (χ0n) is 13.9. The molecule has 1 fully saturated rings. The van der Waals surface area contributed by atoms with Gasteiger partial charge in [0.05, 0.1) is 0 Å². The minimum absolute atomic E-state index is 0.0701. The highest BCUT2D eigenvalue weighted by molar-refractivity contribution is 6.43. The zero-order valence-corrected chi connectivity index (χ0v) is 13.9. The van der Waals surface area contributed by atoms with Crippen molar-refractivity contribution >= 4 is 34.8 Å². The van der Waals surface area contributed by atoms with Crippen LogP contribution in [0.15, 0.2) is 48.5 Å². The summed E-state index contributed by atoms with van der Waals surface area (Å²) in [6.07, 6.45) is 1.36. The molecule has 0 aliphatic carbocycles. The summed E-state index contributed by atoms with van der Waals surface area (Å²) in [5.74, 6) is -1.43. The standard InChI is InChI=1S/C19H19N3O3/c1-13-5-2-6-14(11-13)20-18(24)19(25)21-15-7-3-8-16(12-15)22-10-4-9-17(22)23/h2-3,5-8,11-12H,4,9-10H2,1H3,(H,20,24)(H,21,25). The van der Waals surface area contributed by atoms with E-state index in [9.17, 15) is 14.4 Å². The minimum atomic E-state index is -0.758. The number of hydrogen-bond donors (Lipinski definition) is 2. The second-order valence-electron chi connectivity index (χ2n) is 5.98. The van der Waals surface area contributed by atoms with E-state index in [0.29, 0.717) is 24.3 Å². The lowest BCUT2D eigenvalue weighted by molar-refractivity contribution is -0.132. The molecule has 0 saturated carbocycles. The third kappa shape index (κ3) is 4.03. The van der Waals surface area contributed by atoms with Gasteiger partial charge < -0.3 is 15.5 Å². The van der Waals surface area contributed by atoms with Gasteiger partial charge in [-0.15, -0.1) is 0 Å². The number of benzene rings is 2. The topological polar surface area (TPSA) is 78.5 Å². The lowest BCUT2D eigenvalue weighted by Gasteiger charge is -2.16. The summed E-state index contributed by atoms with van der Waals surface area (Å²) in [5.41, 5.74) is 2.75. The van der Waals surface area contributed by atoms with E-state index in [2.05, 4.69) is 10.6 Å². The van der Waals surface area contributed by atoms with Crippen LogP contribution in [0.4, 0.5) is 17.1 Å². The zero-order chi connectivity index (χ0) is 17.8. The Morgan fingerprint density at radius 2 is 1.60 bits per heavy atom. The van der Waals surface area contributed by atoms with Crippen molar-refractivity contribution in [3.63, 3.8) is 0 Å². The van der Waals surface area contributed by atoms with E-state index in [1.54, 1.807) is 41.3 Å². The summed E-state index contributed by atoms with van der Waals surface area (Å²) in [7, 11) is 0. The van der Waals surface area contributed by atoms with E-state index in [1.165, 1.54) is 0 Å². The maximum absolute atomic E-state index is 12.1. The fourth-order valence-electron chi connectivity index (χ4n) is 2.77. The average molecular weight is 337 g/mol. The maximum Gasteiger partial charge on any atom is 0.314 e. The van der Waals surface area contributed by atoms with Gasteiger partial charge in [-0.2, -0.15) is 0 Å². The van der Waals surface area contributed by atoms with Crippen LogP contribution in [-0.2, 0) is 14.4 Å². The van der Waals surface area contributed by atoms with E-state index in [-0.39, 0.29) is 5.91 Å². The van der Waals surface area contributed by atoms with Crippen molar-refractivity contribution in [2.75, 3.05) is 22.1 Å². The molecule has 25 heavy (non-hydrogen) atoms. The van der Waals surface area contributed by atoms with E-state index >= 15 is 0 Å². The first-order valence-electron chi connectivity index (χ1n) is 8.12. The van der Waals surface area contributed by atoms with Crippen LogP contribution in [0.5, 0.6) is 0 Å². The average Bonchev–Trinajstić information content (AvgIpc) is 3.01. The largest absolute Gasteiger partial charge is 0.318 e. The van der Waals surface area contributed by atoms with E-state index in [1.807, 2.05) is 19.1 Å². The predicted molar refractivity (Wildman–Crippen MR) is 96.5 cm³/mol. The van der Waals surface area contributed by atoms with Gasteiger partial charge >= 0.3 is 11.8 Å². The minimum Gasteiger partial charge on any atom is -0.318 e. The summed E-state index contributed by atoms with van der Waals surface area (Å²) in [5, 5.41) is 5.13. The summed E-state index contributed by atoms with van der Waals surface area (Å²) in [6.45, 7) is 2.57. The van der Waals surface area contributed by atoms with Gasteiger partial charge in [0, 0.05) is 30.0 Å². The molecule has 3 rings (SSSR count). The van der Waals surface area contributed by atoms with Crippen LogP contribution in [0.1, 0.15) is 18.4 Å². The quantitative estimate of drug-likeness (QED) is 0.845. The van der Waals surface area contributed by atoms with Gasteiger partial charge in [0.1, 0.15) is 0 Å². The van der Waals surface area contributed by atoms with E-state index < -0.39 is 11.8 Å². The number of rotatable bonds is 3. The molecule has 2 aromatic rings. The first kappa shape index (κ1) is 16.7. The Balaban J connectivity index is 1.66. The van der Waals surface area contributed by atoms with Gasteiger partial charge in [-0.05, 0) is 49.2 Å². The van der Waals surface area contributed by atoms with Crippen molar-refractivity contribution in [2.45, 2.75) is 19.8 Å². The fourth-order valence-corrected chi connectivity index (χ4v) is 2.77. The van der Waals surface area contributed by atoms with Crippen LogP contribution < -0.4 is 15.5 Å². The second-order valence-corrected chi connectivity index (χ2v) is 5.98. The summed E-state index contributed by atoms with van der Waals surface area (Å²) in [6, 6.07) is 14.1. The number of nitrogens with one attached hydrogen (secondary N) is 2. The van der Waals surface area contributed by atoms with Crippen LogP contribution in [-0.4, -0.2) is 24.3 Å². The molecule has 1 heterocycles. The Labute approximate surface area is 145 Å². The first-order valence-corrected chi connectivity index (χ1v) is 8.12. The van der Waals surface area contributed by atoms with Crippen LogP contribution >= 0.6 is 0 Å². The number of anilines is 3. The van der Waals surface area contributed by atoms with Crippen molar-refractivity contribution in [1.82, 2.24) is 0 Å². The molecule has 0 aromatic heterocycles. The molecule has 2 aromatic carbocycles. The summed E-state index contributed by atoms with van der Waals surface area (Å²) < 4.78 is 0. The van der Waals surface area contributed by atoms with Crippen molar-refractivity contribution in [3.8, 4) is 0 Å². The molecule has 0 unspecified atom stereocenters. The first-order chi connectivity index (χ1) is 12.0. The van der Waals surface area contributed by atoms with Crippen molar-refractivity contribution in [1.29, 1.82) is 0 Å². The van der Waals surface area contributed by atoms with Crippen molar-refractivity contribution in [3.05, 3.63) is 54.1 Å². The highest BCUT2D eigenvalue weighted by Crippen LogP contribution is 2.24. The molecule has 6 heteroatoms. The molecule has 128 valence electrons. The smallest absolute Gasteiger partial charge is 0.314 e. The number of amides is 3. The van der Waals surface area contributed by atoms with Crippen LogP contribution in [0.25, 0.3) is 0 Å². The van der Waals surface area contributed by atoms with Crippen LogP contribution in [0.2, 0.25) is 0 Å². The van der Waals surface area contributed by atoms with Gasteiger partial charge in [0.2, 0.25) is 5.91 Å². The molecule has 6 nitrogen and oxygen atoms in total. The van der Waals surface area contributed by atoms with Crippen molar-refractivity contribution < 1.29 is 14.4 Å². The Morgan fingerprint density at radius 1 is 0.960 bits per heavy atom. The number of nitrogens with zero attached hydrogens (tertiary/aromatic N) is 1. The predicted octanol–water partition coefficient (Wildman–Crippen LogP) is 2.70. The van der Waals surface area contributed by atoms with Gasteiger partial charge in [-0.3, -0.25) is 14.4 Å². The molecule has 0 bridgehead atoms. The molecule has 1 aliphatic heterocycles. The molecule has 2 N–H and O–H groups in total. The molecule has 0 atom stereocenters. The third-order valence-electron chi connectivity index (χ3n) is 3.97. The maximum atomic E-state index is 12.1.